The number of carbonyl (C=O) groups is 2. The van der Waals surface area contributed by atoms with E-state index < -0.39 is 23.7 Å². The van der Waals surface area contributed by atoms with Crippen LogP contribution in [0.25, 0.3) is 22.5 Å². The number of aliphatic carboxylic acids is 1. The third-order valence-electron chi connectivity index (χ3n) is 5.44. The highest BCUT2D eigenvalue weighted by molar-refractivity contribution is 6.00. The Labute approximate surface area is 205 Å². The molecule has 0 saturated carbocycles. The van der Waals surface area contributed by atoms with Crippen LogP contribution in [0.2, 0.25) is 0 Å². The zero-order chi connectivity index (χ0) is 25.8. The van der Waals surface area contributed by atoms with Gasteiger partial charge in [-0.05, 0) is 42.7 Å². The number of ether oxygens (including phenoxy) is 1. The Hall–Kier alpha value is -4.53. The second kappa shape index (κ2) is 10.4. The van der Waals surface area contributed by atoms with E-state index in [1.165, 1.54) is 0 Å². The third-order valence-corrected chi connectivity index (χ3v) is 5.44. The fourth-order valence-corrected chi connectivity index (χ4v) is 3.78. The van der Waals surface area contributed by atoms with Crippen molar-refractivity contribution in [1.29, 1.82) is 0 Å². The van der Waals surface area contributed by atoms with Crippen LogP contribution in [0.1, 0.15) is 18.2 Å². The molecule has 9 heteroatoms. The molecule has 0 unspecified atom stereocenters. The second-order valence-corrected chi connectivity index (χ2v) is 7.92. The van der Waals surface area contributed by atoms with E-state index in [9.17, 15) is 18.4 Å². The van der Waals surface area contributed by atoms with Crippen molar-refractivity contribution in [2.24, 2.45) is 0 Å². The summed E-state index contributed by atoms with van der Waals surface area (Å²) in [7, 11) is 0. The Kier molecular flexibility index (Phi) is 7.10. The Balaban J connectivity index is 1.73. The average molecular weight is 492 g/mol. The van der Waals surface area contributed by atoms with E-state index >= 15 is 0 Å². The van der Waals surface area contributed by atoms with Gasteiger partial charge >= 0.3 is 12.1 Å². The van der Waals surface area contributed by atoms with Gasteiger partial charge in [0.25, 0.3) is 0 Å². The zero-order valence-electron chi connectivity index (χ0n) is 19.5. The molecule has 3 aromatic carbocycles. The molecule has 1 heterocycles. The molecule has 1 N–H and O–H groups in total. The maximum absolute atomic E-state index is 14.7. The molecule has 184 valence electrons. The van der Waals surface area contributed by atoms with Crippen LogP contribution in [-0.4, -0.2) is 28.9 Å². The molecule has 0 spiro atoms. The molecule has 1 aromatic heterocycles. The molecule has 4 aromatic rings. The summed E-state index contributed by atoms with van der Waals surface area (Å²) in [5.74, 6) is -2.28. The summed E-state index contributed by atoms with van der Waals surface area (Å²) < 4.78 is 39.4. The number of anilines is 2. The highest BCUT2D eigenvalue weighted by Crippen LogP contribution is 2.40. The number of carbonyl (C=O) groups excluding carboxylic acids is 1. The lowest BCUT2D eigenvalue weighted by Crippen LogP contribution is -2.28. The number of halogens is 2. The second-order valence-electron chi connectivity index (χ2n) is 7.92. The van der Waals surface area contributed by atoms with Gasteiger partial charge in [-0.2, -0.15) is 0 Å². The molecule has 7 nitrogen and oxygen atoms in total. The first kappa shape index (κ1) is 24.6. The van der Waals surface area contributed by atoms with E-state index in [4.69, 9.17) is 14.4 Å². The predicted molar refractivity (Wildman–Crippen MR) is 129 cm³/mol. The van der Waals surface area contributed by atoms with Crippen molar-refractivity contribution in [3.8, 4) is 22.5 Å². The SMILES string of the molecule is CCOC(=O)N(c1cc(F)ccc1F)c1c(C)noc1-c1ccc(-c2ccc(CC(=O)O)cc2)cc1. The molecule has 0 radical (unpaired) electrons. The van der Waals surface area contributed by atoms with Gasteiger partial charge in [0.1, 0.15) is 23.0 Å². The van der Waals surface area contributed by atoms with Crippen LogP contribution < -0.4 is 4.90 Å². The number of hydrogen-bond acceptors (Lipinski definition) is 5. The van der Waals surface area contributed by atoms with Crippen molar-refractivity contribution in [3.63, 3.8) is 0 Å². The van der Waals surface area contributed by atoms with Crippen molar-refractivity contribution < 1.29 is 32.7 Å². The molecule has 0 fully saturated rings. The van der Waals surface area contributed by atoms with Crippen LogP contribution in [0.3, 0.4) is 0 Å². The average Bonchev–Trinajstić information content (AvgIpc) is 3.23. The molecular weight excluding hydrogens is 470 g/mol. The standard InChI is InChI=1S/C27H22F2N2O5/c1-3-35-27(34)31(23-15-21(28)12-13-22(23)29)25-16(2)30-36-26(25)20-10-8-19(9-11-20)18-6-4-17(5-7-18)14-24(32)33/h4-13,15H,3,14H2,1-2H3,(H,32,33). The molecule has 0 atom stereocenters. The molecule has 36 heavy (non-hydrogen) atoms. The normalized spacial score (nSPS) is 10.8. The minimum Gasteiger partial charge on any atom is -0.481 e. The number of carboxylic acids is 1. The summed E-state index contributed by atoms with van der Waals surface area (Å²) in [4.78, 5) is 24.7. The third kappa shape index (κ3) is 5.10. The summed E-state index contributed by atoms with van der Waals surface area (Å²) in [6.45, 7) is 3.21. The van der Waals surface area contributed by atoms with Crippen LogP contribution in [0, 0.1) is 18.6 Å². The molecule has 0 bridgehead atoms. The van der Waals surface area contributed by atoms with Gasteiger partial charge in [0.05, 0.1) is 18.7 Å². The van der Waals surface area contributed by atoms with Crippen LogP contribution >= 0.6 is 0 Å². The van der Waals surface area contributed by atoms with E-state index in [0.29, 0.717) is 11.1 Å². The van der Waals surface area contributed by atoms with Crippen molar-refractivity contribution in [2.75, 3.05) is 11.5 Å². The minimum absolute atomic E-state index is 0.0197. The number of hydrogen-bond donors (Lipinski definition) is 1. The smallest absolute Gasteiger partial charge is 0.419 e. The molecule has 1 amide bonds. The van der Waals surface area contributed by atoms with E-state index in [0.717, 1.165) is 34.2 Å². The molecule has 0 saturated heterocycles. The van der Waals surface area contributed by atoms with Gasteiger partial charge in [-0.25, -0.2) is 18.5 Å². The minimum atomic E-state index is -0.910. The number of benzene rings is 3. The molecular formula is C27H22F2N2O5. The lowest BCUT2D eigenvalue weighted by Gasteiger charge is -2.22. The molecule has 0 aliphatic rings. The first-order valence-corrected chi connectivity index (χ1v) is 11.1. The predicted octanol–water partition coefficient (Wildman–Crippen LogP) is 6.52. The fraction of sp³-hybridized carbons (Fsp3) is 0.148. The van der Waals surface area contributed by atoms with Gasteiger partial charge < -0.3 is 14.4 Å². The molecule has 0 aliphatic carbocycles. The monoisotopic (exact) mass is 492 g/mol. The van der Waals surface area contributed by atoms with Gasteiger partial charge in [0, 0.05) is 11.6 Å². The number of nitrogens with zero attached hydrogens (tertiary/aromatic N) is 2. The molecule has 4 rings (SSSR count). The highest BCUT2D eigenvalue weighted by atomic mass is 19.1. The van der Waals surface area contributed by atoms with Crippen molar-refractivity contribution in [1.82, 2.24) is 5.16 Å². The van der Waals surface area contributed by atoms with Crippen molar-refractivity contribution in [2.45, 2.75) is 20.3 Å². The summed E-state index contributed by atoms with van der Waals surface area (Å²) in [5, 5.41) is 12.9. The van der Waals surface area contributed by atoms with Crippen LogP contribution in [0.5, 0.6) is 0 Å². The Bertz CT molecular complexity index is 1400. The first-order chi connectivity index (χ1) is 17.3. The van der Waals surface area contributed by atoms with Crippen molar-refractivity contribution in [3.05, 3.63) is 89.6 Å². The number of rotatable bonds is 7. The maximum atomic E-state index is 14.7. The van der Waals surface area contributed by atoms with Crippen molar-refractivity contribution >= 4 is 23.4 Å². The quantitative estimate of drug-likeness (QED) is 0.316. The number of carboxylic acid groups (broad SMARTS) is 1. The zero-order valence-corrected chi connectivity index (χ0v) is 19.5. The maximum Gasteiger partial charge on any atom is 0.419 e. The van der Waals surface area contributed by atoms with Crippen LogP contribution in [-0.2, 0) is 16.0 Å². The Morgan fingerprint density at radius 2 is 1.58 bits per heavy atom. The number of aromatic nitrogens is 1. The Morgan fingerprint density at radius 1 is 0.972 bits per heavy atom. The van der Waals surface area contributed by atoms with E-state index in [2.05, 4.69) is 5.16 Å². The van der Waals surface area contributed by atoms with Gasteiger partial charge in [0.2, 0.25) is 0 Å². The first-order valence-electron chi connectivity index (χ1n) is 11.1. The highest BCUT2D eigenvalue weighted by Gasteiger charge is 2.30. The fourth-order valence-electron chi connectivity index (χ4n) is 3.78. The summed E-state index contributed by atoms with van der Waals surface area (Å²) in [5.41, 5.74) is 3.04. The van der Waals surface area contributed by atoms with Gasteiger partial charge in [-0.3, -0.25) is 4.79 Å². The van der Waals surface area contributed by atoms with Gasteiger partial charge in [-0.15, -0.1) is 0 Å². The van der Waals surface area contributed by atoms with E-state index in [1.807, 2.05) is 24.3 Å². The largest absolute Gasteiger partial charge is 0.481 e. The number of amides is 1. The topological polar surface area (TPSA) is 92.9 Å². The Morgan fingerprint density at radius 3 is 2.19 bits per heavy atom. The summed E-state index contributed by atoms with van der Waals surface area (Å²) in [6, 6.07) is 17.1. The van der Waals surface area contributed by atoms with Gasteiger partial charge in [-0.1, -0.05) is 53.7 Å². The van der Waals surface area contributed by atoms with E-state index in [-0.39, 0.29) is 35.9 Å². The van der Waals surface area contributed by atoms with Crippen LogP contribution in [0.15, 0.2) is 71.3 Å². The lowest BCUT2D eigenvalue weighted by molar-refractivity contribution is -0.136. The molecule has 0 aliphatic heterocycles. The lowest BCUT2D eigenvalue weighted by atomic mass is 10.0. The summed E-state index contributed by atoms with van der Waals surface area (Å²) >= 11 is 0. The van der Waals surface area contributed by atoms with Gasteiger partial charge in [0.15, 0.2) is 5.76 Å². The summed E-state index contributed by atoms with van der Waals surface area (Å²) in [6.07, 6.45) is -0.969. The van der Waals surface area contributed by atoms with E-state index in [1.54, 1.807) is 38.1 Å². The van der Waals surface area contributed by atoms with Crippen LogP contribution in [0.4, 0.5) is 25.0 Å². The number of aryl methyl sites for hydroxylation is 1.